The lowest BCUT2D eigenvalue weighted by molar-refractivity contribution is 0.210. The summed E-state index contributed by atoms with van der Waals surface area (Å²) in [6.45, 7) is 2.00. The van der Waals surface area contributed by atoms with Gasteiger partial charge in [0.05, 0.1) is 6.10 Å². The van der Waals surface area contributed by atoms with E-state index in [1.54, 1.807) is 30.3 Å². The van der Waals surface area contributed by atoms with E-state index < -0.39 is 0 Å². The molecule has 0 spiro atoms. The van der Waals surface area contributed by atoms with Gasteiger partial charge in [-0.2, -0.15) is 0 Å². The minimum atomic E-state index is 0.0654. The molecule has 0 fully saturated rings. The summed E-state index contributed by atoms with van der Waals surface area (Å²) in [4.78, 5) is 0. The Bertz CT molecular complexity index is 520. The van der Waals surface area contributed by atoms with Crippen LogP contribution in [0.25, 0.3) is 0 Å². The smallest absolute Gasteiger partial charge is 0.123 e. The van der Waals surface area contributed by atoms with Crippen LogP contribution in [-0.4, -0.2) is 16.3 Å². The molecule has 0 aliphatic rings. The fraction of sp³-hybridized carbons (Fsp3) is 0.250. The summed E-state index contributed by atoms with van der Waals surface area (Å²) in [5, 5.41) is 18.6. The standard InChI is InChI=1S/C16H18O3/c1-12(19-16-4-2-3-15(18)11-16)5-6-13-7-9-14(17)10-8-13/h2-4,7-12,17-18H,5-6H2,1H3. The number of phenols is 2. The van der Waals surface area contributed by atoms with E-state index in [-0.39, 0.29) is 17.6 Å². The third-order valence-corrected chi connectivity index (χ3v) is 2.93. The van der Waals surface area contributed by atoms with E-state index in [0.29, 0.717) is 5.75 Å². The van der Waals surface area contributed by atoms with Crippen molar-refractivity contribution < 1.29 is 14.9 Å². The third kappa shape index (κ3) is 4.21. The van der Waals surface area contributed by atoms with Crippen LogP contribution in [0.1, 0.15) is 18.9 Å². The molecule has 2 N–H and O–H groups in total. The lowest BCUT2D eigenvalue weighted by Crippen LogP contribution is -2.12. The van der Waals surface area contributed by atoms with Crippen molar-refractivity contribution in [3.63, 3.8) is 0 Å². The number of hydrogen-bond donors (Lipinski definition) is 2. The molecule has 3 heteroatoms. The lowest BCUT2D eigenvalue weighted by atomic mass is 10.1. The Morgan fingerprint density at radius 3 is 2.42 bits per heavy atom. The van der Waals surface area contributed by atoms with Crippen molar-refractivity contribution in [2.24, 2.45) is 0 Å². The first-order valence-corrected chi connectivity index (χ1v) is 6.37. The van der Waals surface area contributed by atoms with Gasteiger partial charge in [0, 0.05) is 6.07 Å². The predicted octanol–water partition coefficient (Wildman–Crippen LogP) is 3.50. The molecule has 2 aromatic rings. The van der Waals surface area contributed by atoms with Crippen molar-refractivity contribution in [1.29, 1.82) is 0 Å². The maximum absolute atomic E-state index is 9.36. The van der Waals surface area contributed by atoms with Crippen LogP contribution in [0.2, 0.25) is 0 Å². The second-order valence-electron chi connectivity index (χ2n) is 4.63. The van der Waals surface area contributed by atoms with Gasteiger partial charge in [0.25, 0.3) is 0 Å². The first-order valence-electron chi connectivity index (χ1n) is 6.37. The van der Waals surface area contributed by atoms with Gasteiger partial charge in [-0.15, -0.1) is 0 Å². The SMILES string of the molecule is CC(CCc1ccc(O)cc1)Oc1cccc(O)c1. The summed E-state index contributed by atoms with van der Waals surface area (Å²) in [7, 11) is 0. The number of benzene rings is 2. The lowest BCUT2D eigenvalue weighted by Gasteiger charge is -2.14. The number of aromatic hydroxyl groups is 2. The molecule has 0 aromatic heterocycles. The predicted molar refractivity (Wildman–Crippen MR) is 74.6 cm³/mol. The average molecular weight is 258 g/mol. The highest BCUT2D eigenvalue weighted by atomic mass is 16.5. The molecule has 2 aromatic carbocycles. The molecule has 3 nitrogen and oxygen atoms in total. The summed E-state index contributed by atoms with van der Waals surface area (Å²) in [5.74, 6) is 1.18. The van der Waals surface area contributed by atoms with E-state index in [4.69, 9.17) is 4.74 Å². The second kappa shape index (κ2) is 6.14. The number of aryl methyl sites for hydroxylation is 1. The van der Waals surface area contributed by atoms with E-state index in [1.165, 1.54) is 5.56 Å². The van der Waals surface area contributed by atoms with Gasteiger partial charge in [-0.1, -0.05) is 18.2 Å². The van der Waals surface area contributed by atoms with E-state index >= 15 is 0 Å². The topological polar surface area (TPSA) is 49.7 Å². The third-order valence-electron chi connectivity index (χ3n) is 2.93. The molecule has 0 amide bonds. The van der Waals surface area contributed by atoms with Crippen LogP contribution in [0.4, 0.5) is 0 Å². The molecule has 0 bridgehead atoms. The summed E-state index contributed by atoms with van der Waals surface area (Å²) in [6.07, 6.45) is 1.83. The van der Waals surface area contributed by atoms with Gasteiger partial charge in [0.15, 0.2) is 0 Å². The Kier molecular flexibility index (Phi) is 4.29. The van der Waals surface area contributed by atoms with Gasteiger partial charge < -0.3 is 14.9 Å². The van der Waals surface area contributed by atoms with E-state index in [9.17, 15) is 10.2 Å². The van der Waals surface area contributed by atoms with Crippen LogP contribution >= 0.6 is 0 Å². The van der Waals surface area contributed by atoms with Gasteiger partial charge in [-0.25, -0.2) is 0 Å². The number of phenolic OH excluding ortho intramolecular Hbond substituents is 2. The number of rotatable bonds is 5. The highest BCUT2D eigenvalue weighted by molar-refractivity contribution is 5.32. The molecule has 19 heavy (non-hydrogen) atoms. The molecule has 0 saturated carbocycles. The highest BCUT2D eigenvalue weighted by Crippen LogP contribution is 2.20. The zero-order valence-corrected chi connectivity index (χ0v) is 10.9. The summed E-state index contributed by atoms with van der Waals surface area (Å²) < 4.78 is 5.73. The molecule has 1 unspecified atom stereocenters. The molecule has 0 aliphatic carbocycles. The molecule has 0 radical (unpaired) electrons. The molecule has 100 valence electrons. The van der Waals surface area contributed by atoms with Crippen molar-refractivity contribution in [2.75, 3.05) is 0 Å². The summed E-state index contributed by atoms with van der Waals surface area (Å²) in [5.41, 5.74) is 1.17. The molecule has 2 rings (SSSR count). The summed E-state index contributed by atoms with van der Waals surface area (Å²) >= 11 is 0. The van der Waals surface area contributed by atoms with Crippen molar-refractivity contribution in [3.05, 3.63) is 54.1 Å². The van der Waals surface area contributed by atoms with Crippen LogP contribution in [0.15, 0.2) is 48.5 Å². The quantitative estimate of drug-likeness (QED) is 0.863. The Labute approximate surface area is 113 Å². The van der Waals surface area contributed by atoms with Crippen molar-refractivity contribution >= 4 is 0 Å². The van der Waals surface area contributed by atoms with Crippen LogP contribution < -0.4 is 4.74 Å². The van der Waals surface area contributed by atoms with Crippen LogP contribution in [0.3, 0.4) is 0 Å². The summed E-state index contributed by atoms with van der Waals surface area (Å²) in [6, 6.07) is 14.0. The zero-order chi connectivity index (χ0) is 13.7. The van der Waals surface area contributed by atoms with Crippen LogP contribution in [0, 0.1) is 0 Å². The maximum Gasteiger partial charge on any atom is 0.123 e. The average Bonchev–Trinajstić information content (AvgIpc) is 2.38. The molecular weight excluding hydrogens is 240 g/mol. The Hall–Kier alpha value is -2.16. The fourth-order valence-electron chi connectivity index (χ4n) is 1.88. The van der Waals surface area contributed by atoms with E-state index in [0.717, 1.165) is 12.8 Å². The largest absolute Gasteiger partial charge is 0.508 e. The van der Waals surface area contributed by atoms with Gasteiger partial charge in [0.2, 0.25) is 0 Å². The molecular formula is C16H18O3. The second-order valence-corrected chi connectivity index (χ2v) is 4.63. The first-order chi connectivity index (χ1) is 9.13. The molecule has 0 saturated heterocycles. The Morgan fingerprint density at radius 1 is 1.00 bits per heavy atom. The van der Waals surface area contributed by atoms with Crippen LogP contribution in [0.5, 0.6) is 17.2 Å². The molecule has 0 heterocycles. The fourth-order valence-corrected chi connectivity index (χ4v) is 1.88. The molecule has 0 aliphatic heterocycles. The highest BCUT2D eigenvalue weighted by Gasteiger charge is 2.05. The van der Waals surface area contributed by atoms with E-state index in [1.807, 2.05) is 25.1 Å². The first kappa shape index (κ1) is 13.3. The van der Waals surface area contributed by atoms with Gasteiger partial charge in [0.1, 0.15) is 17.2 Å². The van der Waals surface area contributed by atoms with Gasteiger partial charge >= 0.3 is 0 Å². The van der Waals surface area contributed by atoms with Crippen molar-refractivity contribution in [3.8, 4) is 17.2 Å². The van der Waals surface area contributed by atoms with Crippen molar-refractivity contribution in [1.82, 2.24) is 0 Å². The number of hydrogen-bond acceptors (Lipinski definition) is 3. The van der Waals surface area contributed by atoms with Crippen molar-refractivity contribution in [2.45, 2.75) is 25.9 Å². The van der Waals surface area contributed by atoms with Gasteiger partial charge in [-0.05, 0) is 49.6 Å². The monoisotopic (exact) mass is 258 g/mol. The minimum absolute atomic E-state index is 0.0654. The Balaban J connectivity index is 1.84. The maximum atomic E-state index is 9.36. The Morgan fingerprint density at radius 2 is 1.74 bits per heavy atom. The number of ether oxygens (including phenoxy) is 1. The molecule has 1 atom stereocenters. The van der Waals surface area contributed by atoms with Gasteiger partial charge in [-0.3, -0.25) is 0 Å². The van der Waals surface area contributed by atoms with E-state index in [2.05, 4.69) is 0 Å². The minimum Gasteiger partial charge on any atom is -0.508 e. The van der Waals surface area contributed by atoms with Crippen LogP contribution in [-0.2, 0) is 6.42 Å². The normalized spacial score (nSPS) is 12.1. The zero-order valence-electron chi connectivity index (χ0n) is 10.9.